The van der Waals surface area contributed by atoms with E-state index in [9.17, 15) is 34.6 Å². The number of nitrogens with one attached hydrogen (secondary N) is 1. The topological polar surface area (TPSA) is 159 Å². The average Bonchev–Trinajstić information content (AvgIpc) is 2.57. The first-order chi connectivity index (χ1) is 12.0. The summed E-state index contributed by atoms with van der Waals surface area (Å²) in [6.07, 6.45) is 0. The van der Waals surface area contributed by atoms with E-state index in [0.29, 0.717) is 0 Å². The van der Waals surface area contributed by atoms with Crippen molar-refractivity contribution in [2.75, 3.05) is 5.32 Å². The fraction of sp³-hybridized carbons (Fsp3) is 0.214. The van der Waals surface area contributed by atoms with Gasteiger partial charge in [0, 0.05) is 32.3 Å². The lowest BCUT2D eigenvalue weighted by atomic mass is 10.1. The number of hydrogen-bond acceptors (Lipinski definition) is 7. The Bertz CT molecular complexity index is 1030. The van der Waals surface area contributed by atoms with Crippen molar-refractivity contribution in [3.8, 4) is 0 Å². The van der Waals surface area contributed by atoms with Crippen LogP contribution >= 0.6 is 0 Å². The van der Waals surface area contributed by atoms with E-state index in [1.807, 2.05) is 0 Å². The molecule has 0 aliphatic heterocycles. The van der Waals surface area contributed by atoms with Gasteiger partial charge in [0.05, 0.1) is 15.4 Å². The van der Waals surface area contributed by atoms with Gasteiger partial charge in [0.1, 0.15) is 11.4 Å². The molecular formula is C14H13N5O7. The van der Waals surface area contributed by atoms with Crippen LogP contribution in [0.4, 0.5) is 17.2 Å². The number of benzene rings is 1. The Labute approximate surface area is 144 Å². The van der Waals surface area contributed by atoms with E-state index in [1.54, 1.807) is 0 Å². The minimum Gasteiger partial charge on any atom is -0.308 e. The summed E-state index contributed by atoms with van der Waals surface area (Å²) in [5.74, 6) is -1.10. The summed E-state index contributed by atoms with van der Waals surface area (Å²) >= 11 is 0. The fourth-order valence-electron chi connectivity index (χ4n) is 2.24. The van der Waals surface area contributed by atoms with Crippen molar-refractivity contribution in [1.29, 1.82) is 0 Å². The molecule has 1 amide bonds. The first-order valence-corrected chi connectivity index (χ1v) is 7.06. The summed E-state index contributed by atoms with van der Waals surface area (Å²) in [7, 11) is 2.56. The second kappa shape index (κ2) is 6.58. The molecule has 0 radical (unpaired) electrons. The van der Waals surface area contributed by atoms with Gasteiger partial charge in [-0.1, -0.05) is 0 Å². The van der Waals surface area contributed by atoms with Gasteiger partial charge in [0.2, 0.25) is 0 Å². The highest BCUT2D eigenvalue weighted by atomic mass is 16.6. The van der Waals surface area contributed by atoms with Crippen LogP contribution in [0, 0.1) is 27.2 Å². The molecule has 0 bridgehead atoms. The molecule has 12 nitrogen and oxygen atoms in total. The number of rotatable bonds is 4. The number of hydrogen-bond donors (Lipinski definition) is 1. The zero-order valence-corrected chi connectivity index (χ0v) is 13.9. The first kappa shape index (κ1) is 18.5. The number of carbonyl (C=O) groups is 1. The van der Waals surface area contributed by atoms with Gasteiger partial charge in [-0.25, -0.2) is 4.79 Å². The summed E-state index contributed by atoms with van der Waals surface area (Å²) in [4.78, 5) is 56.4. The lowest BCUT2D eigenvalue weighted by molar-refractivity contribution is -0.395. The molecule has 1 N–H and O–H groups in total. The van der Waals surface area contributed by atoms with Crippen molar-refractivity contribution in [2.24, 2.45) is 14.1 Å². The molecule has 1 aromatic heterocycles. The van der Waals surface area contributed by atoms with E-state index < -0.39 is 38.4 Å². The van der Waals surface area contributed by atoms with Crippen LogP contribution in [0.3, 0.4) is 0 Å². The van der Waals surface area contributed by atoms with E-state index in [-0.39, 0.29) is 16.9 Å². The maximum absolute atomic E-state index is 12.4. The lowest BCUT2D eigenvalue weighted by Gasteiger charge is -2.11. The third kappa shape index (κ3) is 3.19. The molecule has 0 aliphatic rings. The molecule has 1 heterocycles. The highest BCUT2D eigenvalue weighted by Gasteiger charge is 2.25. The lowest BCUT2D eigenvalue weighted by Crippen LogP contribution is -2.38. The Morgan fingerprint density at radius 1 is 1.00 bits per heavy atom. The van der Waals surface area contributed by atoms with Crippen molar-refractivity contribution >= 4 is 23.1 Å². The number of aromatic nitrogens is 2. The maximum atomic E-state index is 12.4. The van der Waals surface area contributed by atoms with Crippen LogP contribution in [0.5, 0.6) is 0 Å². The second-order valence-electron chi connectivity index (χ2n) is 5.38. The van der Waals surface area contributed by atoms with Crippen molar-refractivity contribution in [2.45, 2.75) is 6.92 Å². The average molecular weight is 363 g/mol. The predicted octanol–water partition coefficient (Wildman–Crippen LogP) is 0.461. The Morgan fingerprint density at radius 2 is 1.50 bits per heavy atom. The van der Waals surface area contributed by atoms with Crippen LogP contribution in [0.15, 0.2) is 27.8 Å². The third-order valence-electron chi connectivity index (χ3n) is 3.78. The molecule has 26 heavy (non-hydrogen) atoms. The molecular weight excluding hydrogens is 350 g/mol. The number of nitrogens with zero attached hydrogens (tertiary/aromatic N) is 4. The van der Waals surface area contributed by atoms with E-state index in [2.05, 4.69) is 5.32 Å². The van der Waals surface area contributed by atoms with Crippen LogP contribution in [-0.2, 0) is 14.1 Å². The molecule has 2 rings (SSSR count). The minimum absolute atomic E-state index is 0.158. The zero-order valence-electron chi connectivity index (χ0n) is 13.9. The van der Waals surface area contributed by atoms with Crippen molar-refractivity contribution in [1.82, 2.24) is 9.13 Å². The number of anilines is 1. The quantitative estimate of drug-likeness (QED) is 0.610. The first-order valence-electron chi connectivity index (χ1n) is 7.06. The molecule has 1 aromatic carbocycles. The maximum Gasteiger partial charge on any atom is 0.332 e. The molecule has 0 unspecified atom stereocenters. The van der Waals surface area contributed by atoms with Crippen molar-refractivity contribution in [3.63, 3.8) is 0 Å². The number of carbonyl (C=O) groups excluding carboxylic acids is 1. The SMILES string of the molecule is Cc1c([N+](=O)[O-])cc(C(=O)Nc2cc(=O)n(C)c(=O)n2C)cc1[N+](=O)[O-]. The molecule has 0 saturated heterocycles. The Kier molecular flexibility index (Phi) is 4.69. The third-order valence-corrected chi connectivity index (χ3v) is 3.78. The van der Waals surface area contributed by atoms with E-state index >= 15 is 0 Å². The largest absolute Gasteiger partial charge is 0.332 e. The second-order valence-corrected chi connectivity index (χ2v) is 5.38. The van der Waals surface area contributed by atoms with Crippen LogP contribution in [0.1, 0.15) is 15.9 Å². The summed E-state index contributed by atoms with van der Waals surface area (Å²) in [6, 6.07) is 2.75. The molecule has 12 heteroatoms. The van der Waals surface area contributed by atoms with Gasteiger partial charge in [0.25, 0.3) is 22.8 Å². The van der Waals surface area contributed by atoms with Crippen LogP contribution < -0.4 is 16.6 Å². The Balaban J connectivity index is 2.55. The summed E-state index contributed by atoms with van der Waals surface area (Å²) < 4.78 is 1.80. The number of nitro groups is 2. The Morgan fingerprint density at radius 3 is 1.96 bits per heavy atom. The summed E-state index contributed by atoms with van der Waals surface area (Å²) in [6.45, 7) is 1.20. The van der Waals surface area contributed by atoms with Crippen LogP contribution in [0.25, 0.3) is 0 Å². The highest BCUT2D eigenvalue weighted by Crippen LogP contribution is 2.29. The van der Waals surface area contributed by atoms with Gasteiger partial charge in [-0.3, -0.25) is 39.0 Å². The van der Waals surface area contributed by atoms with Gasteiger partial charge in [0.15, 0.2) is 0 Å². The van der Waals surface area contributed by atoms with Gasteiger partial charge in [-0.2, -0.15) is 0 Å². The van der Waals surface area contributed by atoms with Gasteiger partial charge >= 0.3 is 5.69 Å². The van der Waals surface area contributed by atoms with Crippen LogP contribution in [0.2, 0.25) is 0 Å². The van der Waals surface area contributed by atoms with Crippen molar-refractivity contribution < 1.29 is 14.6 Å². The number of amides is 1. The normalized spacial score (nSPS) is 10.4. The van der Waals surface area contributed by atoms with Gasteiger partial charge < -0.3 is 5.32 Å². The zero-order chi connectivity index (χ0) is 19.8. The van der Waals surface area contributed by atoms with E-state index in [4.69, 9.17) is 0 Å². The predicted molar refractivity (Wildman–Crippen MR) is 89.4 cm³/mol. The molecule has 2 aromatic rings. The minimum atomic E-state index is -0.945. The Hall–Kier alpha value is -3.83. The molecule has 0 aliphatic carbocycles. The van der Waals surface area contributed by atoms with E-state index in [1.165, 1.54) is 21.0 Å². The van der Waals surface area contributed by atoms with E-state index in [0.717, 1.165) is 27.3 Å². The van der Waals surface area contributed by atoms with Gasteiger partial charge in [-0.05, 0) is 6.92 Å². The van der Waals surface area contributed by atoms with Crippen molar-refractivity contribution in [3.05, 3.63) is 70.4 Å². The summed E-state index contributed by atoms with van der Waals surface area (Å²) in [5.41, 5.74) is -3.12. The highest BCUT2D eigenvalue weighted by molar-refractivity contribution is 6.04. The van der Waals surface area contributed by atoms with Crippen LogP contribution in [-0.4, -0.2) is 24.9 Å². The number of nitro benzene ring substituents is 2. The molecule has 0 fully saturated rings. The van der Waals surface area contributed by atoms with Gasteiger partial charge in [-0.15, -0.1) is 0 Å². The standard InChI is InChI=1S/C14H13N5O7/c1-7-9(18(23)24)4-8(5-10(7)19(25)26)13(21)15-11-6-12(20)17(3)14(22)16(11)2/h4-6H,1-3H3,(H,15,21). The molecule has 0 spiro atoms. The summed E-state index contributed by atoms with van der Waals surface area (Å²) in [5, 5.41) is 24.4. The monoisotopic (exact) mass is 363 g/mol. The molecule has 0 saturated carbocycles. The smallest absolute Gasteiger partial charge is 0.308 e. The fourth-order valence-corrected chi connectivity index (χ4v) is 2.24. The molecule has 0 atom stereocenters. The molecule has 136 valence electrons.